The van der Waals surface area contributed by atoms with Gasteiger partial charge in [-0.15, -0.1) is 0 Å². The lowest BCUT2D eigenvalue weighted by Gasteiger charge is -2.23. The fraction of sp³-hybridized carbons (Fsp3) is 0.500. The molecule has 0 aromatic rings. The van der Waals surface area contributed by atoms with E-state index in [9.17, 15) is 4.79 Å². The predicted molar refractivity (Wildman–Crippen MR) is 42.9 cm³/mol. The normalized spacial score (nSPS) is 28.8. The second-order valence-electron chi connectivity index (χ2n) is 2.66. The lowest BCUT2D eigenvalue weighted by Crippen LogP contribution is -2.32. The van der Waals surface area contributed by atoms with Crippen molar-refractivity contribution < 1.29 is 9.90 Å². The van der Waals surface area contributed by atoms with E-state index in [1.807, 2.05) is 6.92 Å². The first-order valence-corrected chi connectivity index (χ1v) is 3.62. The van der Waals surface area contributed by atoms with E-state index in [4.69, 9.17) is 5.11 Å². The van der Waals surface area contributed by atoms with Gasteiger partial charge in [-0.25, -0.2) is 0 Å². The van der Waals surface area contributed by atoms with E-state index >= 15 is 0 Å². The monoisotopic (exact) mass is 153 g/mol. The fourth-order valence-corrected chi connectivity index (χ4v) is 1.08. The molecule has 60 valence electrons. The molecule has 0 radical (unpaired) electrons. The third-order valence-corrected chi connectivity index (χ3v) is 2.04. The molecule has 1 aliphatic rings. The first-order valence-electron chi connectivity index (χ1n) is 3.62. The average molecular weight is 153 g/mol. The first kappa shape index (κ1) is 7.98. The SMILES string of the molecule is CCC1(C(=O)O)C=CC=NC1. The third kappa shape index (κ3) is 1.31. The van der Waals surface area contributed by atoms with Gasteiger partial charge in [0.05, 0.1) is 6.54 Å². The van der Waals surface area contributed by atoms with Gasteiger partial charge in [0.15, 0.2) is 0 Å². The number of dihydropyridines is 1. The molecule has 1 aliphatic heterocycles. The molecule has 0 saturated heterocycles. The van der Waals surface area contributed by atoms with Crippen molar-refractivity contribution in [1.29, 1.82) is 0 Å². The molecule has 0 bridgehead atoms. The lowest BCUT2D eigenvalue weighted by atomic mass is 9.84. The van der Waals surface area contributed by atoms with Crippen molar-refractivity contribution in [2.75, 3.05) is 6.54 Å². The number of carboxylic acids is 1. The minimum absolute atomic E-state index is 0.370. The Kier molecular flexibility index (Phi) is 2.08. The Bertz CT molecular complexity index is 220. The van der Waals surface area contributed by atoms with E-state index in [1.54, 1.807) is 18.4 Å². The van der Waals surface area contributed by atoms with E-state index in [2.05, 4.69) is 4.99 Å². The minimum Gasteiger partial charge on any atom is -0.481 e. The van der Waals surface area contributed by atoms with Crippen molar-refractivity contribution >= 4 is 12.2 Å². The molecule has 1 atom stereocenters. The van der Waals surface area contributed by atoms with Crippen molar-refractivity contribution in [3.8, 4) is 0 Å². The second kappa shape index (κ2) is 2.86. The number of aliphatic imine (C=N–C) groups is 1. The molecule has 0 aliphatic carbocycles. The fourth-order valence-electron chi connectivity index (χ4n) is 1.08. The quantitative estimate of drug-likeness (QED) is 0.646. The summed E-state index contributed by atoms with van der Waals surface area (Å²) in [5.41, 5.74) is -0.741. The second-order valence-corrected chi connectivity index (χ2v) is 2.66. The zero-order chi connectivity index (χ0) is 8.32. The zero-order valence-corrected chi connectivity index (χ0v) is 6.45. The van der Waals surface area contributed by atoms with Crippen LogP contribution in [-0.4, -0.2) is 23.8 Å². The smallest absolute Gasteiger partial charge is 0.315 e. The highest BCUT2D eigenvalue weighted by molar-refractivity contribution is 5.82. The van der Waals surface area contributed by atoms with Gasteiger partial charge in [0.1, 0.15) is 5.41 Å². The molecule has 3 heteroatoms. The van der Waals surface area contributed by atoms with Gasteiger partial charge in [-0.2, -0.15) is 0 Å². The van der Waals surface area contributed by atoms with E-state index in [1.165, 1.54) is 0 Å². The van der Waals surface area contributed by atoms with Gasteiger partial charge in [0.25, 0.3) is 0 Å². The van der Waals surface area contributed by atoms with Crippen LogP contribution < -0.4 is 0 Å². The summed E-state index contributed by atoms with van der Waals surface area (Å²) in [4.78, 5) is 14.7. The third-order valence-electron chi connectivity index (χ3n) is 2.04. The molecule has 0 aromatic carbocycles. The van der Waals surface area contributed by atoms with Crippen molar-refractivity contribution in [3.63, 3.8) is 0 Å². The Balaban J connectivity index is 2.85. The number of carbonyl (C=O) groups is 1. The van der Waals surface area contributed by atoms with Gasteiger partial charge in [-0.3, -0.25) is 9.79 Å². The maximum atomic E-state index is 10.8. The number of aliphatic carboxylic acids is 1. The Labute approximate surface area is 65.4 Å². The summed E-state index contributed by atoms with van der Waals surface area (Å²) in [5.74, 6) is -0.784. The summed E-state index contributed by atoms with van der Waals surface area (Å²) >= 11 is 0. The van der Waals surface area contributed by atoms with Crippen LogP contribution in [0.15, 0.2) is 17.1 Å². The molecule has 1 N–H and O–H groups in total. The summed E-state index contributed by atoms with van der Waals surface area (Å²) in [6.45, 7) is 2.23. The molecule has 0 spiro atoms. The molecule has 1 unspecified atom stereocenters. The van der Waals surface area contributed by atoms with Gasteiger partial charge in [-0.1, -0.05) is 13.0 Å². The van der Waals surface area contributed by atoms with E-state index < -0.39 is 11.4 Å². The number of rotatable bonds is 2. The molecule has 0 amide bonds. The molecule has 0 saturated carbocycles. The van der Waals surface area contributed by atoms with Crippen molar-refractivity contribution in [1.82, 2.24) is 0 Å². The molecular formula is C8H11NO2. The summed E-state index contributed by atoms with van der Waals surface area (Å²) in [6.07, 6.45) is 5.64. The first-order chi connectivity index (χ1) is 5.21. The maximum absolute atomic E-state index is 10.8. The molecule has 11 heavy (non-hydrogen) atoms. The zero-order valence-electron chi connectivity index (χ0n) is 6.45. The molecule has 3 nitrogen and oxygen atoms in total. The van der Waals surface area contributed by atoms with Gasteiger partial charge in [0, 0.05) is 6.21 Å². The van der Waals surface area contributed by atoms with Crippen LogP contribution in [0, 0.1) is 5.41 Å². The van der Waals surface area contributed by atoms with Crippen LogP contribution in [0.2, 0.25) is 0 Å². The number of hydrogen-bond donors (Lipinski definition) is 1. The largest absolute Gasteiger partial charge is 0.481 e. The Hall–Kier alpha value is -1.12. The van der Waals surface area contributed by atoms with E-state index in [-0.39, 0.29) is 0 Å². The highest BCUT2D eigenvalue weighted by atomic mass is 16.4. The molecule has 0 aromatic heterocycles. The Morgan fingerprint density at radius 2 is 2.55 bits per heavy atom. The van der Waals surface area contributed by atoms with Crippen molar-refractivity contribution in [2.24, 2.45) is 10.4 Å². The number of carboxylic acid groups (broad SMARTS) is 1. The van der Waals surface area contributed by atoms with Crippen LogP contribution in [0.3, 0.4) is 0 Å². The minimum atomic E-state index is -0.784. The summed E-state index contributed by atoms with van der Waals surface area (Å²) in [5, 5.41) is 8.86. The highest BCUT2D eigenvalue weighted by Gasteiger charge is 2.34. The van der Waals surface area contributed by atoms with Crippen LogP contribution in [0.1, 0.15) is 13.3 Å². The van der Waals surface area contributed by atoms with Gasteiger partial charge in [0.2, 0.25) is 0 Å². The van der Waals surface area contributed by atoms with Crippen LogP contribution in [-0.2, 0) is 4.79 Å². The number of hydrogen-bond acceptors (Lipinski definition) is 2. The predicted octanol–water partition coefficient (Wildman–Crippen LogP) is 1.11. The standard InChI is InChI=1S/C8H11NO2/c1-2-8(7(10)11)4-3-5-9-6-8/h3-5H,2,6H2,1H3,(H,10,11). The van der Waals surface area contributed by atoms with Crippen LogP contribution in [0.4, 0.5) is 0 Å². The Morgan fingerprint density at radius 3 is 2.82 bits per heavy atom. The van der Waals surface area contributed by atoms with Gasteiger partial charge < -0.3 is 5.11 Å². The molecular weight excluding hydrogens is 142 g/mol. The maximum Gasteiger partial charge on any atom is 0.315 e. The van der Waals surface area contributed by atoms with Crippen molar-refractivity contribution in [3.05, 3.63) is 12.2 Å². The highest BCUT2D eigenvalue weighted by Crippen LogP contribution is 2.26. The van der Waals surface area contributed by atoms with E-state index in [0.29, 0.717) is 13.0 Å². The number of nitrogens with zero attached hydrogens (tertiary/aromatic N) is 1. The van der Waals surface area contributed by atoms with Gasteiger partial charge >= 0.3 is 5.97 Å². The van der Waals surface area contributed by atoms with Crippen molar-refractivity contribution in [2.45, 2.75) is 13.3 Å². The number of allylic oxidation sites excluding steroid dienone is 1. The summed E-state index contributed by atoms with van der Waals surface area (Å²) in [7, 11) is 0. The van der Waals surface area contributed by atoms with Crippen LogP contribution in [0.5, 0.6) is 0 Å². The summed E-state index contributed by atoms with van der Waals surface area (Å²) < 4.78 is 0. The summed E-state index contributed by atoms with van der Waals surface area (Å²) in [6, 6.07) is 0. The molecule has 0 fully saturated rings. The molecule has 1 rings (SSSR count). The van der Waals surface area contributed by atoms with Crippen LogP contribution >= 0.6 is 0 Å². The Morgan fingerprint density at radius 1 is 1.82 bits per heavy atom. The lowest BCUT2D eigenvalue weighted by molar-refractivity contribution is -0.145. The average Bonchev–Trinajstić information content (AvgIpc) is 2.05. The molecule has 1 heterocycles. The topological polar surface area (TPSA) is 49.7 Å². The van der Waals surface area contributed by atoms with Crippen LogP contribution in [0.25, 0.3) is 0 Å². The van der Waals surface area contributed by atoms with E-state index in [0.717, 1.165) is 0 Å². The van der Waals surface area contributed by atoms with Gasteiger partial charge in [-0.05, 0) is 12.5 Å².